The normalized spacial score (nSPS) is 22.3. The molecule has 1 saturated heterocycles. The number of methoxy groups -OCH3 is 1. The van der Waals surface area contributed by atoms with Gasteiger partial charge in [0.1, 0.15) is 12.4 Å². The van der Waals surface area contributed by atoms with Gasteiger partial charge in [-0.3, -0.25) is 24.2 Å². The van der Waals surface area contributed by atoms with Crippen molar-refractivity contribution < 1.29 is 33.4 Å². The van der Waals surface area contributed by atoms with Gasteiger partial charge in [-0.2, -0.15) is 0 Å². The summed E-state index contributed by atoms with van der Waals surface area (Å²) in [5.41, 5.74) is 2.93. The molecular weight excluding hydrogens is 551 g/mol. The highest BCUT2D eigenvalue weighted by Crippen LogP contribution is 2.42. The van der Waals surface area contributed by atoms with E-state index in [9.17, 15) is 23.9 Å². The molecule has 3 aliphatic rings. The van der Waals surface area contributed by atoms with Crippen molar-refractivity contribution in [3.63, 3.8) is 0 Å². The molecule has 1 saturated carbocycles. The van der Waals surface area contributed by atoms with E-state index < -0.39 is 11.8 Å². The van der Waals surface area contributed by atoms with Crippen molar-refractivity contribution in [2.24, 2.45) is 11.8 Å². The number of carboxylic acids is 1. The standard InChI is InChI=1S/C31H36ClFN2O6/c1-40-27-16-20(4-11-26(27)41-15-14-35-28(36)12-13-29(35)37)18-34(17-19-2-5-21(6-3-19)31(38)39)25-10-8-23-22(25)7-9-24(33)30(23)32/h4,7,9,11,16,19,21,25H,2-3,5-6,8,10,12-15,17-18H2,1H3,(H,38,39). The smallest absolute Gasteiger partial charge is 0.306 e. The molecular formula is C31H36ClFN2O6. The number of aliphatic carboxylic acids is 1. The monoisotopic (exact) mass is 586 g/mol. The zero-order chi connectivity index (χ0) is 29.1. The maximum absolute atomic E-state index is 14.2. The van der Waals surface area contributed by atoms with E-state index in [1.54, 1.807) is 7.11 Å². The lowest BCUT2D eigenvalue weighted by atomic mass is 9.81. The fourth-order valence-corrected chi connectivity index (χ4v) is 6.77. The number of carboxylic acid groups (broad SMARTS) is 1. The van der Waals surface area contributed by atoms with Gasteiger partial charge in [-0.25, -0.2) is 4.39 Å². The molecule has 2 aromatic carbocycles. The van der Waals surface area contributed by atoms with Crippen molar-refractivity contribution in [3.05, 3.63) is 57.9 Å². The quantitative estimate of drug-likeness (QED) is 0.352. The van der Waals surface area contributed by atoms with Gasteiger partial charge >= 0.3 is 5.97 Å². The van der Waals surface area contributed by atoms with Crippen LogP contribution in [0.4, 0.5) is 4.39 Å². The molecule has 220 valence electrons. The van der Waals surface area contributed by atoms with Gasteiger partial charge in [0.05, 0.1) is 24.6 Å². The zero-order valence-electron chi connectivity index (χ0n) is 23.2. The third-order valence-electron chi connectivity index (χ3n) is 8.73. The van der Waals surface area contributed by atoms with E-state index in [2.05, 4.69) is 4.90 Å². The fourth-order valence-electron chi connectivity index (χ4n) is 6.50. The van der Waals surface area contributed by atoms with E-state index >= 15 is 0 Å². The number of carbonyl (C=O) groups excluding carboxylic acids is 2. The summed E-state index contributed by atoms with van der Waals surface area (Å²) in [5, 5.41) is 9.63. The molecule has 2 aromatic rings. The van der Waals surface area contributed by atoms with E-state index in [1.807, 2.05) is 24.3 Å². The highest BCUT2D eigenvalue weighted by atomic mass is 35.5. The Morgan fingerprint density at radius 3 is 2.46 bits per heavy atom. The number of fused-ring (bicyclic) bond motifs is 1. The Morgan fingerprint density at radius 1 is 1.05 bits per heavy atom. The summed E-state index contributed by atoms with van der Waals surface area (Å²) in [6, 6.07) is 9.10. The van der Waals surface area contributed by atoms with Gasteiger partial charge < -0.3 is 14.6 Å². The minimum absolute atomic E-state index is 0.0674. The van der Waals surface area contributed by atoms with Crippen LogP contribution in [-0.4, -0.2) is 59.5 Å². The summed E-state index contributed by atoms with van der Waals surface area (Å²) in [5.74, 6) is -0.274. The second-order valence-electron chi connectivity index (χ2n) is 11.2. The van der Waals surface area contributed by atoms with Gasteiger partial charge in [0.15, 0.2) is 11.5 Å². The Bertz CT molecular complexity index is 1300. The maximum Gasteiger partial charge on any atom is 0.306 e. The summed E-state index contributed by atoms with van der Waals surface area (Å²) in [4.78, 5) is 38.9. The summed E-state index contributed by atoms with van der Waals surface area (Å²) in [6.45, 7) is 1.79. The van der Waals surface area contributed by atoms with Crippen LogP contribution in [0.2, 0.25) is 5.02 Å². The minimum atomic E-state index is -0.713. The van der Waals surface area contributed by atoms with Crippen molar-refractivity contribution in [3.8, 4) is 11.5 Å². The molecule has 1 unspecified atom stereocenters. The van der Waals surface area contributed by atoms with Crippen molar-refractivity contribution in [2.45, 2.75) is 64.0 Å². The Hall–Kier alpha value is -3.17. The number of hydrogen-bond acceptors (Lipinski definition) is 6. The number of likely N-dealkylation sites (tertiary alicyclic amines) is 1. The summed E-state index contributed by atoms with van der Waals surface area (Å²) in [6.07, 6.45) is 5.11. The van der Waals surface area contributed by atoms with Crippen LogP contribution in [0.15, 0.2) is 30.3 Å². The molecule has 41 heavy (non-hydrogen) atoms. The van der Waals surface area contributed by atoms with Crippen LogP contribution < -0.4 is 9.47 Å². The number of amides is 2. The topological polar surface area (TPSA) is 96.4 Å². The van der Waals surface area contributed by atoms with Gasteiger partial charge in [0.2, 0.25) is 11.8 Å². The van der Waals surface area contributed by atoms with Crippen molar-refractivity contribution in [2.75, 3.05) is 26.8 Å². The molecule has 1 heterocycles. The highest BCUT2D eigenvalue weighted by molar-refractivity contribution is 6.31. The molecule has 1 N–H and O–H groups in total. The Labute approximate surface area is 244 Å². The lowest BCUT2D eigenvalue weighted by Gasteiger charge is -2.35. The second kappa shape index (κ2) is 12.8. The van der Waals surface area contributed by atoms with Gasteiger partial charge in [-0.15, -0.1) is 0 Å². The molecule has 5 rings (SSSR count). The number of ether oxygens (including phenoxy) is 2. The number of rotatable bonds is 11. The minimum Gasteiger partial charge on any atom is -0.493 e. The van der Waals surface area contributed by atoms with E-state index in [0.29, 0.717) is 43.2 Å². The van der Waals surface area contributed by atoms with Crippen molar-refractivity contribution >= 4 is 29.4 Å². The van der Waals surface area contributed by atoms with E-state index in [1.165, 1.54) is 11.0 Å². The first kappa shape index (κ1) is 29.3. The van der Waals surface area contributed by atoms with Crippen LogP contribution in [0.1, 0.15) is 67.7 Å². The first-order chi connectivity index (χ1) is 19.7. The van der Waals surface area contributed by atoms with E-state index in [0.717, 1.165) is 42.5 Å². The molecule has 1 aliphatic heterocycles. The molecule has 2 amide bonds. The molecule has 8 nitrogen and oxygen atoms in total. The molecule has 10 heteroatoms. The van der Waals surface area contributed by atoms with Gasteiger partial charge in [-0.1, -0.05) is 23.7 Å². The largest absolute Gasteiger partial charge is 0.493 e. The second-order valence-corrected chi connectivity index (χ2v) is 11.6. The first-order valence-electron chi connectivity index (χ1n) is 14.3. The Kier molecular flexibility index (Phi) is 9.14. The van der Waals surface area contributed by atoms with Gasteiger partial charge in [0, 0.05) is 32.0 Å². The van der Waals surface area contributed by atoms with E-state index in [4.69, 9.17) is 21.1 Å². The summed E-state index contributed by atoms with van der Waals surface area (Å²) < 4.78 is 25.7. The van der Waals surface area contributed by atoms with E-state index in [-0.39, 0.29) is 54.8 Å². The first-order valence-corrected chi connectivity index (χ1v) is 14.7. The van der Waals surface area contributed by atoms with Gasteiger partial charge in [-0.05, 0) is 79.3 Å². The van der Waals surface area contributed by atoms with Crippen LogP contribution in [0.5, 0.6) is 11.5 Å². The number of imide groups is 1. The third-order valence-corrected chi connectivity index (χ3v) is 9.14. The third kappa shape index (κ3) is 6.51. The SMILES string of the molecule is COc1cc(CN(CC2CCC(C(=O)O)CC2)C2CCc3c2ccc(F)c3Cl)ccc1OCCN1C(=O)CCC1=O. The predicted octanol–water partition coefficient (Wildman–Crippen LogP) is 5.40. The number of nitrogens with zero attached hydrogens (tertiary/aromatic N) is 2. The number of carbonyl (C=O) groups is 3. The average molecular weight is 587 g/mol. The zero-order valence-corrected chi connectivity index (χ0v) is 24.0. The van der Waals surface area contributed by atoms with Crippen LogP contribution >= 0.6 is 11.6 Å². The Balaban J connectivity index is 1.31. The molecule has 0 radical (unpaired) electrons. The summed E-state index contributed by atoms with van der Waals surface area (Å²) >= 11 is 6.34. The summed E-state index contributed by atoms with van der Waals surface area (Å²) in [7, 11) is 1.57. The number of benzene rings is 2. The number of halogens is 2. The van der Waals surface area contributed by atoms with Gasteiger partial charge in [0.25, 0.3) is 0 Å². The number of hydrogen-bond donors (Lipinski definition) is 1. The molecule has 0 bridgehead atoms. The maximum atomic E-state index is 14.2. The molecule has 2 fully saturated rings. The average Bonchev–Trinajstić information content (AvgIpc) is 3.54. The van der Waals surface area contributed by atoms with Crippen molar-refractivity contribution in [1.82, 2.24) is 9.80 Å². The van der Waals surface area contributed by atoms with Crippen LogP contribution in [0.25, 0.3) is 0 Å². The molecule has 0 spiro atoms. The predicted molar refractivity (Wildman–Crippen MR) is 150 cm³/mol. The molecule has 2 aliphatic carbocycles. The van der Waals surface area contributed by atoms with Crippen molar-refractivity contribution in [1.29, 1.82) is 0 Å². The van der Waals surface area contributed by atoms with Crippen LogP contribution in [-0.2, 0) is 27.3 Å². The lowest BCUT2D eigenvalue weighted by molar-refractivity contribution is -0.143. The fraction of sp³-hybridized carbons (Fsp3) is 0.516. The van der Waals surface area contributed by atoms with Crippen LogP contribution in [0, 0.1) is 17.7 Å². The lowest BCUT2D eigenvalue weighted by Crippen LogP contribution is -2.34. The molecule has 0 aromatic heterocycles. The Morgan fingerprint density at radius 2 is 1.78 bits per heavy atom. The van der Waals surface area contributed by atoms with Crippen LogP contribution in [0.3, 0.4) is 0 Å². The highest BCUT2D eigenvalue weighted by Gasteiger charge is 2.34. The molecule has 1 atom stereocenters.